The van der Waals surface area contributed by atoms with Crippen LogP contribution in [0.1, 0.15) is 16.7 Å². The molecule has 0 heterocycles. The molecule has 0 aliphatic carbocycles. The van der Waals surface area contributed by atoms with Crippen molar-refractivity contribution in [2.24, 2.45) is 0 Å². The van der Waals surface area contributed by atoms with Crippen LogP contribution in [0.5, 0.6) is 11.5 Å². The Labute approximate surface area is 130 Å². The van der Waals surface area contributed by atoms with Crippen LogP contribution < -0.4 is 4.74 Å². The molecule has 0 bridgehead atoms. The van der Waals surface area contributed by atoms with E-state index < -0.39 is 4.92 Å². The molecule has 0 radical (unpaired) electrons. The highest BCUT2D eigenvalue weighted by molar-refractivity contribution is 9.08. The Balaban J connectivity index is 2.45. The third kappa shape index (κ3) is 3.38. The van der Waals surface area contributed by atoms with Gasteiger partial charge in [0.2, 0.25) is 5.75 Å². The van der Waals surface area contributed by atoms with Gasteiger partial charge in [-0.25, -0.2) is 0 Å². The zero-order chi connectivity index (χ0) is 15.4. The predicted octanol–water partition coefficient (Wildman–Crippen LogP) is 4.46. The minimum absolute atomic E-state index is 0.116. The molecule has 2 rings (SSSR count). The Kier molecular flexibility index (Phi) is 4.55. The highest BCUT2D eigenvalue weighted by Gasteiger charge is 2.18. The van der Waals surface area contributed by atoms with Crippen molar-refractivity contribution >= 4 is 21.6 Å². The van der Waals surface area contributed by atoms with Gasteiger partial charge in [-0.3, -0.25) is 10.1 Å². The first-order chi connectivity index (χ1) is 10.0. The lowest BCUT2D eigenvalue weighted by atomic mass is 10.1. The molecule has 6 heteroatoms. The molecule has 0 atom stereocenters. The number of nitro groups is 1. The smallest absolute Gasteiger partial charge is 0.312 e. The van der Waals surface area contributed by atoms with Gasteiger partial charge in [-0.2, -0.15) is 5.26 Å². The van der Waals surface area contributed by atoms with Gasteiger partial charge in [0.1, 0.15) is 5.75 Å². The number of nitro benzene ring substituents is 1. The molecule has 2 aromatic rings. The topological polar surface area (TPSA) is 76.2 Å². The van der Waals surface area contributed by atoms with E-state index in [9.17, 15) is 10.1 Å². The maximum Gasteiger partial charge on any atom is 0.312 e. The van der Waals surface area contributed by atoms with Gasteiger partial charge in [0.15, 0.2) is 0 Å². The average Bonchev–Trinajstić information content (AvgIpc) is 2.49. The van der Waals surface area contributed by atoms with E-state index in [4.69, 9.17) is 10.00 Å². The second-order valence-corrected chi connectivity index (χ2v) is 4.96. The fourth-order valence-electron chi connectivity index (χ4n) is 1.85. The van der Waals surface area contributed by atoms with Gasteiger partial charge in [0.05, 0.1) is 16.6 Å². The van der Waals surface area contributed by atoms with Crippen LogP contribution in [-0.2, 0) is 5.33 Å². The Hall–Kier alpha value is -2.39. The summed E-state index contributed by atoms with van der Waals surface area (Å²) in [6, 6.07) is 11.6. The number of nitrogens with zero attached hydrogens (tertiary/aromatic N) is 2. The number of alkyl halides is 1. The SMILES string of the molecule is Cc1ccc(Oc2ccc(C#N)cc2[N+](=O)[O-])c(CBr)c1. The summed E-state index contributed by atoms with van der Waals surface area (Å²) in [5.41, 5.74) is 1.97. The van der Waals surface area contributed by atoms with Crippen molar-refractivity contribution in [3.8, 4) is 17.6 Å². The summed E-state index contributed by atoms with van der Waals surface area (Å²) in [5.74, 6) is 0.662. The van der Waals surface area contributed by atoms with Gasteiger partial charge in [-0.05, 0) is 25.1 Å². The zero-order valence-electron chi connectivity index (χ0n) is 11.2. The van der Waals surface area contributed by atoms with Crippen molar-refractivity contribution in [1.29, 1.82) is 5.26 Å². The molecule has 106 valence electrons. The van der Waals surface area contributed by atoms with Crippen LogP contribution in [0.3, 0.4) is 0 Å². The minimum atomic E-state index is -0.557. The zero-order valence-corrected chi connectivity index (χ0v) is 12.8. The lowest BCUT2D eigenvalue weighted by Crippen LogP contribution is -1.96. The number of hydrogen-bond acceptors (Lipinski definition) is 4. The first-order valence-corrected chi connectivity index (χ1v) is 7.19. The molecule has 0 unspecified atom stereocenters. The summed E-state index contributed by atoms with van der Waals surface area (Å²) in [5, 5.41) is 20.5. The summed E-state index contributed by atoms with van der Waals surface area (Å²) < 4.78 is 5.67. The Bertz CT molecular complexity index is 738. The average molecular weight is 347 g/mol. The predicted molar refractivity (Wildman–Crippen MR) is 81.7 cm³/mol. The van der Waals surface area contributed by atoms with E-state index in [1.807, 2.05) is 25.1 Å². The third-order valence-corrected chi connectivity index (χ3v) is 3.47. The summed E-state index contributed by atoms with van der Waals surface area (Å²) in [7, 11) is 0. The van der Waals surface area contributed by atoms with Gasteiger partial charge in [-0.15, -0.1) is 0 Å². The van der Waals surface area contributed by atoms with Crippen molar-refractivity contribution < 1.29 is 9.66 Å². The summed E-state index contributed by atoms with van der Waals surface area (Å²) in [6.07, 6.45) is 0. The van der Waals surface area contributed by atoms with Gasteiger partial charge >= 0.3 is 5.69 Å². The summed E-state index contributed by atoms with van der Waals surface area (Å²) in [6.45, 7) is 1.96. The third-order valence-electron chi connectivity index (χ3n) is 2.86. The van der Waals surface area contributed by atoms with E-state index >= 15 is 0 Å². The number of nitriles is 1. The van der Waals surface area contributed by atoms with Crippen LogP contribution in [0.2, 0.25) is 0 Å². The molecule has 0 saturated carbocycles. The van der Waals surface area contributed by atoms with Gasteiger partial charge in [-0.1, -0.05) is 33.6 Å². The quantitative estimate of drug-likeness (QED) is 0.465. The van der Waals surface area contributed by atoms with Crippen molar-refractivity contribution in [3.63, 3.8) is 0 Å². The van der Waals surface area contributed by atoms with Crippen molar-refractivity contribution in [1.82, 2.24) is 0 Å². The maximum absolute atomic E-state index is 11.1. The van der Waals surface area contributed by atoms with E-state index in [1.54, 1.807) is 6.07 Å². The van der Waals surface area contributed by atoms with E-state index in [-0.39, 0.29) is 17.0 Å². The Morgan fingerprint density at radius 1 is 1.29 bits per heavy atom. The van der Waals surface area contributed by atoms with E-state index in [0.29, 0.717) is 11.1 Å². The number of benzene rings is 2. The molecule has 0 N–H and O–H groups in total. The molecule has 5 nitrogen and oxygen atoms in total. The molecule has 0 aliphatic heterocycles. The normalized spacial score (nSPS) is 9.95. The minimum Gasteiger partial charge on any atom is -0.450 e. The van der Waals surface area contributed by atoms with Crippen molar-refractivity contribution in [2.45, 2.75) is 12.3 Å². The second kappa shape index (κ2) is 6.37. The van der Waals surface area contributed by atoms with Gasteiger partial charge in [0.25, 0.3) is 0 Å². The van der Waals surface area contributed by atoms with Crippen molar-refractivity contribution in [3.05, 3.63) is 63.2 Å². The maximum atomic E-state index is 11.1. The lowest BCUT2D eigenvalue weighted by Gasteiger charge is -2.10. The molecule has 0 fully saturated rings. The number of ether oxygens (including phenoxy) is 1. The van der Waals surface area contributed by atoms with Gasteiger partial charge < -0.3 is 4.74 Å². The molecule has 0 spiro atoms. The van der Waals surface area contributed by atoms with E-state index in [2.05, 4.69) is 15.9 Å². The van der Waals surface area contributed by atoms with Crippen LogP contribution >= 0.6 is 15.9 Å². The highest BCUT2D eigenvalue weighted by atomic mass is 79.9. The van der Waals surface area contributed by atoms with Crippen LogP contribution in [0.25, 0.3) is 0 Å². The van der Waals surface area contributed by atoms with Crippen LogP contribution in [0, 0.1) is 28.4 Å². The first-order valence-electron chi connectivity index (χ1n) is 6.07. The molecule has 0 amide bonds. The van der Waals surface area contributed by atoms with Crippen molar-refractivity contribution in [2.75, 3.05) is 0 Å². The molecule has 2 aromatic carbocycles. The van der Waals surface area contributed by atoms with Gasteiger partial charge in [0, 0.05) is 17.0 Å². The highest BCUT2D eigenvalue weighted by Crippen LogP contribution is 2.34. The molecule has 0 saturated heterocycles. The van der Waals surface area contributed by atoms with Crippen LogP contribution in [0.15, 0.2) is 36.4 Å². The van der Waals surface area contributed by atoms with Crippen LogP contribution in [0.4, 0.5) is 5.69 Å². The van der Waals surface area contributed by atoms with E-state index in [1.165, 1.54) is 18.2 Å². The molecule has 0 aliphatic rings. The fourth-order valence-corrected chi connectivity index (χ4v) is 2.28. The number of hydrogen-bond donors (Lipinski definition) is 0. The van der Waals surface area contributed by atoms with Crippen LogP contribution in [-0.4, -0.2) is 4.92 Å². The molecular weight excluding hydrogens is 336 g/mol. The summed E-state index contributed by atoms with van der Waals surface area (Å²) >= 11 is 3.37. The fraction of sp³-hybridized carbons (Fsp3) is 0.133. The number of rotatable bonds is 4. The molecule has 21 heavy (non-hydrogen) atoms. The standard InChI is InChI=1S/C15H11BrN2O3/c1-10-2-4-14(12(6-10)8-16)21-15-5-3-11(9-17)7-13(15)18(19)20/h2-7H,8H2,1H3. The lowest BCUT2D eigenvalue weighted by molar-refractivity contribution is -0.385. The Morgan fingerprint density at radius 3 is 2.62 bits per heavy atom. The molecular formula is C15H11BrN2O3. The summed E-state index contributed by atoms with van der Waals surface area (Å²) in [4.78, 5) is 10.5. The largest absolute Gasteiger partial charge is 0.450 e. The number of aryl methyl sites for hydroxylation is 1. The Morgan fingerprint density at radius 2 is 2.00 bits per heavy atom. The first kappa shape index (κ1) is 15.0. The molecule has 0 aromatic heterocycles. The van der Waals surface area contributed by atoms with E-state index in [0.717, 1.165) is 11.1 Å². The second-order valence-electron chi connectivity index (χ2n) is 4.40. The number of halogens is 1. The monoisotopic (exact) mass is 346 g/mol.